The van der Waals surface area contributed by atoms with Crippen LogP contribution in [-0.4, -0.2) is 18.3 Å². The van der Waals surface area contributed by atoms with Crippen molar-refractivity contribution in [1.82, 2.24) is 5.32 Å². The van der Waals surface area contributed by atoms with Gasteiger partial charge in [-0.1, -0.05) is 19.8 Å². The summed E-state index contributed by atoms with van der Waals surface area (Å²) in [6.45, 7) is 3.40. The van der Waals surface area contributed by atoms with Crippen LogP contribution in [0.3, 0.4) is 0 Å². The Morgan fingerprint density at radius 3 is 2.94 bits per heavy atom. The van der Waals surface area contributed by atoms with Gasteiger partial charge in [0, 0.05) is 11.8 Å². The van der Waals surface area contributed by atoms with Crippen molar-refractivity contribution in [2.45, 2.75) is 50.8 Å². The van der Waals surface area contributed by atoms with Crippen LogP contribution in [0.1, 0.15) is 44.8 Å². The van der Waals surface area contributed by atoms with E-state index in [1.54, 1.807) is 6.26 Å². The van der Waals surface area contributed by atoms with Gasteiger partial charge in [-0.3, -0.25) is 0 Å². The highest BCUT2D eigenvalue weighted by Gasteiger charge is 2.24. The summed E-state index contributed by atoms with van der Waals surface area (Å²) in [6.07, 6.45) is 8.69. The van der Waals surface area contributed by atoms with Crippen LogP contribution in [0.5, 0.6) is 0 Å². The molecule has 1 fully saturated rings. The van der Waals surface area contributed by atoms with Gasteiger partial charge in [-0.15, -0.1) is 0 Å². The Morgan fingerprint density at radius 1 is 1.44 bits per heavy atom. The van der Waals surface area contributed by atoms with E-state index in [0.29, 0.717) is 6.04 Å². The second kappa shape index (κ2) is 7.90. The zero-order valence-corrected chi connectivity index (χ0v) is 12.2. The SMILES string of the molecule is CCCNC(CSCc1ccco1)C1CCCC1. The van der Waals surface area contributed by atoms with Gasteiger partial charge in [0.15, 0.2) is 0 Å². The van der Waals surface area contributed by atoms with Gasteiger partial charge in [-0.25, -0.2) is 0 Å². The van der Waals surface area contributed by atoms with Crippen LogP contribution in [0.2, 0.25) is 0 Å². The average molecular weight is 267 g/mol. The molecule has 0 amide bonds. The van der Waals surface area contributed by atoms with Gasteiger partial charge < -0.3 is 9.73 Å². The molecule has 0 aliphatic heterocycles. The second-order valence-corrected chi connectivity index (χ2v) is 6.23. The molecule has 3 heteroatoms. The Morgan fingerprint density at radius 2 is 2.28 bits per heavy atom. The van der Waals surface area contributed by atoms with Crippen LogP contribution in [0, 0.1) is 5.92 Å². The molecule has 102 valence electrons. The molecule has 1 heterocycles. The molecule has 1 aromatic rings. The molecule has 1 saturated carbocycles. The molecule has 0 bridgehead atoms. The lowest BCUT2D eigenvalue weighted by atomic mass is 10.00. The van der Waals surface area contributed by atoms with E-state index in [9.17, 15) is 0 Å². The molecule has 1 N–H and O–H groups in total. The smallest absolute Gasteiger partial charge is 0.113 e. The lowest BCUT2D eigenvalue weighted by Crippen LogP contribution is -2.37. The van der Waals surface area contributed by atoms with Crippen LogP contribution in [0.25, 0.3) is 0 Å². The van der Waals surface area contributed by atoms with E-state index < -0.39 is 0 Å². The van der Waals surface area contributed by atoms with Crippen molar-refractivity contribution in [1.29, 1.82) is 0 Å². The Hall–Kier alpha value is -0.410. The Labute approximate surface area is 115 Å². The molecular formula is C15H25NOS. The second-order valence-electron chi connectivity index (χ2n) is 5.20. The molecule has 1 aliphatic carbocycles. The van der Waals surface area contributed by atoms with Crippen molar-refractivity contribution in [2.24, 2.45) is 5.92 Å². The van der Waals surface area contributed by atoms with Crippen molar-refractivity contribution in [3.63, 3.8) is 0 Å². The van der Waals surface area contributed by atoms with E-state index in [2.05, 4.69) is 18.3 Å². The number of hydrogen-bond donors (Lipinski definition) is 1. The highest BCUT2D eigenvalue weighted by atomic mass is 32.2. The summed E-state index contributed by atoms with van der Waals surface area (Å²) >= 11 is 2.00. The highest BCUT2D eigenvalue weighted by molar-refractivity contribution is 7.98. The molecule has 0 spiro atoms. The Balaban J connectivity index is 1.73. The maximum Gasteiger partial charge on any atom is 0.113 e. The number of hydrogen-bond acceptors (Lipinski definition) is 3. The van der Waals surface area contributed by atoms with Gasteiger partial charge in [-0.2, -0.15) is 11.8 Å². The molecular weight excluding hydrogens is 242 g/mol. The van der Waals surface area contributed by atoms with Crippen LogP contribution in [0.15, 0.2) is 22.8 Å². The van der Waals surface area contributed by atoms with Crippen LogP contribution >= 0.6 is 11.8 Å². The van der Waals surface area contributed by atoms with Gasteiger partial charge in [0.2, 0.25) is 0 Å². The predicted molar refractivity (Wildman–Crippen MR) is 78.9 cm³/mol. The number of thioether (sulfide) groups is 1. The third-order valence-corrected chi connectivity index (χ3v) is 4.83. The standard InChI is InChI=1S/C15H25NOS/c1-2-9-16-15(13-6-3-4-7-13)12-18-11-14-8-5-10-17-14/h5,8,10,13,15-16H,2-4,6-7,9,11-12H2,1H3. The van der Waals surface area contributed by atoms with E-state index in [1.165, 1.54) is 37.9 Å². The van der Waals surface area contributed by atoms with Gasteiger partial charge >= 0.3 is 0 Å². The van der Waals surface area contributed by atoms with Crippen molar-refractivity contribution in [2.75, 3.05) is 12.3 Å². The van der Waals surface area contributed by atoms with Crippen LogP contribution < -0.4 is 5.32 Å². The van der Waals surface area contributed by atoms with E-state index in [0.717, 1.165) is 24.0 Å². The summed E-state index contributed by atoms with van der Waals surface area (Å²) < 4.78 is 5.38. The third-order valence-electron chi connectivity index (χ3n) is 3.75. The van der Waals surface area contributed by atoms with E-state index >= 15 is 0 Å². The first-order valence-electron chi connectivity index (χ1n) is 7.23. The lowest BCUT2D eigenvalue weighted by molar-refractivity contribution is 0.387. The highest BCUT2D eigenvalue weighted by Crippen LogP contribution is 2.29. The molecule has 0 saturated heterocycles. The summed E-state index contributed by atoms with van der Waals surface area (Å²) in [6, 6.07) is 4.74. The minimum Gasteiger partial charge on any atom is -0.468 e. The summed E-state index contributed by atoms with van der Waals surface area (Å²) in [7, 11) is 0. The molecule has 0 aromatic carbocycles. The van der Waals surface area contributed by atoms with Crippen molar-refractivity contribution in [3.05, 3.63) is 24.2 Å². The lowest BCUT2D eigenvalue weighted by Gasteiger charge is -2.24. The molecule has 0 radical (unpaired) electrons. The number of furan rings is 1. The van der Waals surface area contributed by atoms with Gasteiger partial charge in [-0.05, 0) is 43.9 Å². The largest absolute Gasteiger partial charge is 0.468 e. The summed E-state index contributed by atoms with van der Waals surface area (Å²) in [4.78, 5) is 0. The summed E-state index contributed by atoms with van der Waals surface area (Å²) in [5.41, 5.74) is 0. The minimum atomic E-state index is 0.701. The van der Waals surface area contributed by atoms with Gasteiger partial charge in [0.25, 0.3) is 0 Å². The zero-order valence-electron chi connectivity index (χ0n) is 11.4. The first-order chi connectivity index (χ1) is 8.90. The quantitative estimate of drug-likeness (QED) is 0.768. The van der Waals surface area contributed by atoms with Crippen molar-refractivity contribution < 1.29 is 4.42 Å². The predicted octanol–water partition coefficient (Wildman–Crippen LogP) is 4.07. The first kappa shape index (κ1) is 14.0. The fraction of sp³-hybridized carbons (Fsp3) is 0.733. The number of nitrogens with one attached hydrogen (secondary N) is 1. The van der Waals surface area contributed by atoms with E-state index in [-0.39, 0.29) is 0 Å². The molecule has 1 atom stereocenters. The molecule has 1 aliphatic rings. The summed E-state index contributed by atoms with van der Waals surface area (Å²) in [5, 5.41) is 3.74. The van der Waals surface area contributed by atoms with E-state index in [4.69, 9.17) is 4.42 Å². The molecule has 1 unspecified atom stereocenters. The van der Waals surface area contributed by atoms with Crippen LogP contribution in [-0.2, 0) is 5.75 Å². The fourth-order valence-electron chi connectivity index (χ4n) is 2.73. The van der Waals surface area contributed by atoms with Crippen molar-refractivity contribution in [3.8, 4) is 0 Å². The van der Waals surface area contributed by atoms with Gasteiger partial charge in [0.1, 0.15) is 5.76 Å². The van der Waals surface area contributed by atoms with E-state index in [1.807, 2.05) is 17.8 Å². The maximum absolute atomic E-state index is 5.38. The normalized spacial score (nSPS) is 18.3. The Kier molecular flexibility index (Phi) is 6.15. The molecule has 18 heavy (non-hydrogen) atoms. The molecule has 2 rings (SSSR count). The summed E-state index contributed by atoms with van der Waals surface area (Å²) in [5.74, 6) is 4.22. The third kappa shape index (κ3) is 4.36. The average Bonchev–Trinajstić information content (AvgIpc) is 3.05. The molecule has 1 aromatic heterocycles. The number of rotatable bonds is 8. The first-order valence-corrected chi connectivity index (χ1v) is 8.39. The molecule has 2 nitrogen and oxygen atoms in total. The fourth-order valence-corrected chi connectivity index (χ4v) is 3.86. The van der Waals surface area contributed by atoms with Gasteiger partial charge in [0.05, 0.1) is 12.0 Å². The van der Waals surface area contributed by atoms with Crippen LogP contribution in [0.4, 0.5) is 0 Å². The maximum atomic E-state index is 5.38. The topological polar surface area (TPSA) is 25.2 Å². The zero-order chi connectivity index (χ0) is 12.6. The minimum absolute atomic E-state index is 0.701. The van der Waals surface area contributed by atoms with Crippen molar-refractivity contribution >= 4 is 11.8 Å². The Bertz CT molecular complexity index is 306. The monoisotopic (exact) mass is 267 g/mol.